The van der Waals surface area contributed by atoms with Gasteiger partial charge in [0.1, 0.15) is 0 Å². The van der Waals surface area contributed by atoms with Gasteiger partial charge in [-0.05, 0) is 37.5 Å². The van der Waals surface area contributed by atoms with Gasteiger partial charge in [-0.2, -0.15) is 0 Å². The fraction of sp³-hybridized carbons (Fsp3) is 0.409. The van der Waals surface area contributed by atoms with E-state index in [4.69, 9.17) is 0 Å². The molecule has 1 fully saturated rings. The molecular formula is C22H29N3O. The third-order valence-corrected chi connectivity index (χ3v) is 4.98. The number of nitrogens with one attached hydrogen (secondary N) is 1. The lowest BCUT2D eigenvalue weighted by molar-refractivity contribution is -0.122. The van der Waals surface area contributed by atoms with Crippen LogP contribution in [0.4, 0.5) is 5.69 Å². The normalized spacial score (nSPS) is 16.3. The second-order valence-electron chi connectivity index (χ2n) is 7.09. The molecule has 0 aromatic heterocycles. The van der Waals surface area contributed by atoms with Crippen LogP contribution in [0.25, 0.3) is 0 Å². The second kappa shape index (κ2) is 9.39. The fourth-order valence-electron chi connectivity index (χ4n) is 3.43. The van der Waals surface area contributed by atoms with Gasteiger partial charge in [-0.3, -0.25) is 9.69 Å². The van der Waals surface area contributed by atoms with Crippen LogP contribution in [0.1, 0.15) is 18.9 Å². The van der Waals surface area contributed by atoms with Gasteiger partial charge in [0, 0.05) is 37.9 Å². The first-order valence-electron chi connectivity index (χ1n) is 9.56. The smallest absolute Gasteiger partial charge is 0.234 e. The van der Waals surface area contributed by atoms with Crippen LogP contribution in [0.5, 0.6) is 0 Å². The van der Waals surface area contributed by atoms with E-state index in [1.165, 1.54) is 11.3 Å². The minimum Gasteiger partial charge on any atom is -0.369 e. The van der Waals surface area contributed by atoms with Crippen LogP contribution in [0.15, 0.2) is 60.7 Å². The number of anilines is 1. The predicted molar refractivity (Wildman–Crippen MR) is 107 cm³/mol. The van der Waals surface area contributed by atoms with Crippen molar-refractivity contribution in [1.82, 2.24) is 10.2 Å². The van der Waals surface area contributed by atoms with Crippen molar-refractivity contribution in [2.45, 2.75) is 25.8 Å². The van der Waals surface area contributed by atoms with E-state index in [0.717, 1.165) is 39.0 Å². The number of aryl methyl sites for hydroxylation is 1. The third-order valence-electron chi connectivity index (χ3n) is 4.98. The lowest BCUT2D eigenvalue weighted by Crippen LogP contribution is -2.50. The Morgan fingerprint density at radius 2 is 1.58 bits per heavy atom. The number of rotatable bonds is 7. The first kappa shape index (κ1) is 18.5. The molecule has 26 heavy (non-hydrogen) atoms. The van der Waals surface area contributed by atoms with Crippen molar-refractivity contribution in [2.75, 3.05) is 37.6 Å². The molecule has 1 amide bonds. The summed E-state index contributed by atoms with van der Waals surface area (Å²) in [6.07, 6.45) is 1.97. The number of hydrogen-bond acceptors (Lipinski definition) is 3. The van der Waals surface area contributed by atoms with Crippen LogP contribution in [0, 0.1) is 0 Å². The molecule has 1 atom stereocenters. The van der Waals surface area contributed by atoms with Crippen LogP contribution in [-0.2, 0) is 11.2 Å². The number of piperazine rings is 1. The molecule has 0 aliphatic carbocycles. The maximum absolute atomic E-state index is 12.3. The Morgan fingerprint density at radius 1 is 0.962 bits per heavy atom. The summed E-state index contributed by atoms with van der Waals surface area (Å²) in [6.45, 7) is 6.40. The molecule has 0 radical (unpaired) electrons. The van der Waals surface area contributed by atoms with E-state index in [2.05, 4.69) is 70.6 Å². The van der Waals surface area contributed by atoms with E-state index < -0.39 is 0 Å². The largest absolute Gasteiger partial charge is 0.369 e. The first-order valence-corrected chi connectivity index (χ1v) is 9.56. The molecule has 1 aliphatic rings. The van der Waals surface area contributed by atoms with Crippen molar-refractivity contribution in [3.8, 4) is 0 Å². The van der Waals surface area contributed by atoms with E-state index in [-0.39, 0.29) is 11.9 Å². The minimum absolute atomic E-state index is 0.138. The molecule has 0 spiro atoms. The highest BCUT2D eigenvalue weighted by molar-refractivity contribution is 5.78. The Morgan fingerprint density at radius 3 is 2.23 bits per heavy atom. The lowest BCUT2D eigenvalue weighted by Gasteiger charge is -2.35. The Labute approximate surface area is 156 Å². The molecule has 4 heteroatoms. The van der Waals surface area contributed by atoms with Gasteiger partial charge in [-0.1, -0.05) is 48.5 Å². The molecule has 1 N–H and O–H groups in total. The first-order chi connectivity index (χ1) is 12.7. The lowest BCUT2D eigenvalue weighted by atomic mass is 10.1. The maximum Gasteiger partial charge on any atom is 0.234 e. The SMILES string of the molecule is C[C@@H](CCc1ccccc1)NC(=O)CN1CCN(c2ccccc2)CC1. The van der Waals surface area contributed by atoms with E-state index in [9.17, 15) is 4.79 Å². The standard InChI is InChI=1S/C22H29N3O/c1-19(12-13-20-8-4-2-5-9-20)23-22(26)18-24-14-16-25(17-15-24)21-10-6-3-7-11-21/h2-11,19H,12-18H2,1H3,(H,23,26)/t19-/m0/s1. The summed E-state index contributed by atoms with van der Waals surface area (Å²) in [5.41, 5.74) is 2.59. The van der Waals surface area contributed by atoms with Crippen LogP contribution >= 0.6 is 0 Å². The molecular weight excluding hydrogens is 322 g/mol. The molecule has 0 bridgehead atoms. The summed E-state index contributed by atoms with van der Waals surface area (Å²) in [4.78, 5) is 17.0. The summed E-state index contributed by atoms with van der Waals surface area (Å²) in [6, 6.07) is 21.1. The maximum atomic E-state index is 12.3. The van der Waals surface area contributed by atoms with E-state index >= 15 is 0 Å². The molecule has 2 aromatic rings. The van der Waals surface area contributed by atoms with Crippen molar-refractivity contribution >= 4 is 11.6 Å². The highest BCUT2D eigenvalue weighted by Crippen LogP contribution is 2.15. The quantitative estimate of drug-likeness (QED) is 0.833. The summed E-state index contributed by atoms with van der Waals surface area (Å²) in [5, 5.41) is 3.15. The van der Waals surface area contributed by atoms with E-state index in [1.54, 1.807) is 0 Å². The molecule has 4 nitrogen and oxygen atoms in total. The Balaban J connectivity index is 1.36. The van der Waals surface area contributed by atoms with E-state index in [1.807, 2.05) is 12.1 Å². The van der Waals surface area contributed by atoms with Crippen LogP contribution in [-0.4, -0.2) is 49.6 Å². The Hall–Kier alpha value is -2.33. The van der Waals surface area contributed by atoms with Crippen molar-refractivity contribution in [3.05, 3.63) is 66.2 Å². The molecule has 138 valence electrons. The van der Waals surface area contributed by atoms with Gasteiger partial charge in [0.15, 0.2) is 0 Å². The van der Waals surface area contributed by atoms with Gasteiger partial charge in [0.2, 0.25) is 5.91 Å². The number of para-hydroxylation sites is 1. The molecule has 0 unspecified atom stereocenters. The van der Waals surface area contributed by atoms with Gasteiger partial charge >= 0.3 is 0 Å². The number of benzene rings is 2. The Kier molecular flexibility index (Phi) is 6.67. The highest BCUT2D eigenvalue weighted by atomic mass is 16.2. The minimum atomic E-state index is 0.138. The summed E-state index contributed by atoms with van der Waals surface area (Å²) >= 11 is 0. The number of nitrogens with zero attached hydrogens (tertiary/aromatic N) is 2. The summed E-state index contributed by atoms with van der Waals surface area (Å²) in [7, 11) is 0. The van der Waals surface area contributed by atoms with Gasteiger partial charge in [0.25, 0.3) is 0 Å². The van der Waals surface area contributed by atoms with Gasteiger partial charge in [0.05, 0.1) is 6.54 Å². The molecule has 2 aromatic carbocycles. The number of carbonyl (C=O) groups excluding carboxylic acids is 1. The summed E-state index contributed by atoms with van der Waals surface area (Å²) < 4.78 is 0. The third kappa shape index (κ3) is 5.60. The average molecular weight is 351 g/mol. The van der Waals surface area contributed by atoms with Crippen molar-refractivity contribution < 1.29 is 4.79 Å². The average Bonchev–Trinajstić information content (AvgIpc) is 2.68. The summed E-state index contributed by atoms with van der Waals surface area (Å²) in [5.74, 6) is 0.138. The zero-order valence-corrected chi connectivity index (χ0v) is 15.6. The monoisotopic (exact) mass is 351 g/mol. The van der Waals surface area contributed by atoms with Crippen molar-refractivity contribution in [3.63, 3.8) is 0 Å². The van der Waals surface area contributed by atoms with Gasteiger partial charge in [-0.25, -0.2) is 0 Å². The van der Waals surface area contributed by atoms with Gasteiger partial charge < -0.3 is 10.2 Å². The van der Waals surface area contributed by atoms with Gasteiger partial charge in [-0.15, -0.1) is 0 Å². The van der Waals surface area contributed by atoms with Crippen LogP contribution in [0.3, 0.4) is 0 Å². The van der Waals surface area contributed by atoms with Crippen molar-refractivity contribution in [1.29, 1.82) is 0 Å². The topological polar surface area (TPSA) is 35.6 Å². The number of amides is 1. The van der Waals surface area contributed by atoms with Crippen LogP contribution < -0.4 is 10.2 Å². The second-order valence-corrected chi connectivity index (χ2v) is 7.09. The highest BCUT2D eigenvalue weighted by Gasteiger charge is 2.19. The molecule has 0 saturated carbocycles. The predicted octanol–water partition coefficient (Wildman–Crippen LogP) is 2.95. The molecule has 1 heterocycles. The van der Waals surface area contributed by atoms with Crippen LogP contribution in [0.2, 0.25) is 0 Å². The van der Waals surface area contributed by atoms with Crippen molar-refractivity contribution in [2.24, 2.45) is 0 Å². The number of hydrogen-bond donors (Lipinski definition) is 1. The molecule has 3 rings (SSSR count). The molecule has 1 aliphatic heterocycles. The zero-order valence-electron chi connectivity index (χ0n) is 15.6. The fourth-order valence-corrected chi connectivity index (χ4v) is 3.43. The molecule has 1 saturated heterocycles. The zero-order chi connectivity index (χ0) is 18.2. The number of carbonyl (C=O) groups is 1. The Bertz CT molecular complexity index is 666. The van der Waals surface area contributed by atoms with E-state index in [0.29, 0.717) is 6.54 Å².